The minimum atomic E-state index is -3.56. The van der Waals surface area contributed by atoms with E-state index in [2.05, 4.69) is 11.6 Å². The Kier molecular flexibility index (Phi) is 5.96. The molecule has 1 atom stereocenters. The van der Waals surface area contributed by atoms with E-state index in [1.165, 1.54) is 19.2 Å². The summed E-state index contributed by atoms with van der Waals surface area (Å²) in [5, 5.41) is 0.413. The number of nitrogen functional groups attached to an aromatic ring is 1. The van der Waals surface area contributed by atoms with Crippen molar-refractivity contribution in [2.24, 2.45) is 0 Å². The van der Waals surface area contributed by atoms with Gasteiger partial charge in [0.2, 0.25) is 10.0 Å². The van der Waals surface area contributed by atoms with Crippen LogP contribution in [0.2, 0.25) is 0 Å². The highest BCUT2D eigenvalue weighted by Gasteiger charge is 2.19. The van der Waals surface area contributed by atoms with Gasteiger partial charge in [-0.3, -0.25) is 0 Å². The number of ether oxygens (including phenoxy) is 1. The Morgan fingerprint density at radius 1 is 1.47 bits per heavy atom. The van der Waals surface area contributed by atoms with Gasteiger partial charge < -0.3 is 10.5 Å². The molecule has 1 rings (SSSR count). The molecule has 0 bridgehead atoms. The van der Waals surface area contributed by atoms with Gasteiger partial charge in [0.25, 0.3) is 0 Å². The fourth-order valence-corrected chi connectivity index (χ4v) is 3.05. The molecule has 0 aromatic heterocycles. The zero-order chi connectivity index (χ0) is 14.5. The summed E-state index contributed by atoms with van der Waals surface area (Å²) < 4.78 is 31.9. The lowest BCUT2D eigenvalue weighted by Gasteiger charge is -2.12. The van der Waals surface area contributed by atoms with Crippen molar-refractivity contribution >= 4 is 27.5 Å². The molecule has 0 aliphatic heterocycles. The highest BCUT2D eigenvalue weighted by molar-refractivity contribution is 7.99. The summed E-state index contributed by atoms with van der Waals surface area (Å²) in [7, 11) is -2.14. The number of thioether (sulfide) groups is 1. The second kappa shape index (κ2) is 7.02. The van der Waals surface area contributed by atoms with Crippen LogP contribution in [-0.2, 0) is 10.0 Å². The number of benzene rings is 1. The van der Waals surface area contributed by atoms with Crippen molar-refractivity contribution in [3.8, 4) is 5.75 Å². The summed E-state index contributed by atoms with van der Waals surface area (Å²) in [6, 6.07) is 4.50. The van der Waals surface area contributed by atoms with Crippen LogP contribution in [0.25, 0.3) is 0 Å². The van der Waals surface area contributed by atoms with E-state index < -0.39 is 10.0 Å². The van der Waals surface area contributed by atoms with Gasteiger partial charge in [-0.05, 0) is 24.8 Å². The fourth-order valence-electron chi connectivity index (χ4n) is 1.50. The van der Waals surface area contributed by atoms with Gasteiger partial charge >= 0.3 is 0 Å². The van der Waals surface area contributed by atoms with Crippen LogP contribution in [0, 0.1) is 0 Å². The van der Waals surface area contributed by atoms with Crippen molar-refractivity contribution in [1.82, 2.24) is 4.72 Å². The van der Waals surface area contributed by atoms with Gasteiger partial charge in [0.05, 0.1) is 7.11 Å². The maximum absolute atomic E-state index is 12.2. The van der Waals surface area contributed by atoms with E-state index in [1.807, 2.05) is 6.26 Å². The summed E-state index contributed by atoms with van der Waals surface area (Å²) in [4.78, 5) is 0.112. The van der Waals surface area contributed by atoms with Crippen LogP contribution in [0.3, 0.4) is 0 Å². The first-order valence-corrected chi connectivity index (χ1v) is 8.63. The monoisotopic (exact) mass is 304 g/mol. The molecule has 19 heavy (non-hydrogen) atoms. The Morgan fingerprint density at radius 2 is 2.16 bits per heavy atom. The average Bonchev–Trinajstić information content (AvgIpc) is 2.37. The number of sulfonamides is 1. The van der Waals surface area contributed by atoms with Gasteiger partial charge in [-0.2, -0.15) is 11.8 Å². The summed E-state index contributed by atoms with van der Waals surface area (Å²) in [6.07, 6.45) is 2.78. The molecule has 0 saturated carbocycles. The third-order valence-corrected chi connectivity index (χ3v) is 5.26. The summed E-state index contributed by atoms with van der Waals surface area (Å²) in [5.74, 6) is 0.255. The molecule has 0 saturated heterocycles. The van der Waals surface area contributed by atoms with Gasteiger partial charge in [0.15, 0.2) is 0 Å². The normalized spacial score (nSPS) is 13.2. The Balaban J connectivity index is 2.83. The smallest absolute Gasteiger partial charge is 0.244 e. The molecular weight excluding hydrogens is 284 g/mol. The standard InChI is InChI=1S/C12H20N2O3S2/c1-9(18-3)6-7-14-19(15,16)12-5-4-10(13)8-11(12)17-2/h4-5,8-9,14H,6-7,13H2,1-3H3. The first kappa shape index (κ1) is 16.1. The molecular formula is C12H20N2O3S2. The van der Waals surface area contributed by atoms with E-state index in [4.69, 9.17) is 10.5 Å². The number of hydrogen-bond acceptors (Lipinski definition) is 5. The van der Waals surface area contributed by atoms with Crippen LogP contribution in [0.4, 0.5) is 5.69 Å². The molecule has 1 aromatic rings. The maximum atomic E-state index is 12.2. The predicted molar refractivity (Wildman–Crippen MR) is 80.2 cm³/mol. The van der Waals surface area contributed by atoms with E-state index in [9.17, 15) is 8.42 Å². The Hall–Kier alpha value is -0.920. The second-order valence-electron chi connectivity index (χ2n) is 4.14. The molecule has 7 heteroatoms. The third kappa shape index (κ3) is 4.59. The maximum Gasteiger partial charge on any atom is 0.244 e. The van der Waals surface area contributed by atoms with E-state index >= 15 is 0 Å². The second-order valence-corrected chi connectivity index (χ2v) is 7.15. The van der Waals surface area contributed by atoms with Crippen LogP contribution in [0.1, 0.15) is 13.3 Å². The van der Waals surface area contributed by atoms with Crippen LogP contribution in [0.5, 0.6) is 5.75 Å². The van der Waals surface area contributed by atoms with Crippen LogP contribution in [0.15, 0.2) is 23.1 Å². The fraction of sp³-hybridized carbons (Fsp3) is 0.500. The quantitative estimate of drug-likeness (QED) is 0.749. The third-order valence-electron chi connectivity index (χ3n) is 2.72. The number of nitrogens with one attached hydrogen (secondary N) is 1. The van der Waals surface area contributed by atoms with Crippen molar-refractivity contribution < 1.29 is 13.2 Å². The highest BCUT2D eigenvalue weighted by atomic mass is 32.2. The lowest BCUT2D eigenvalue weighted by molar-refractivity contribution is 0.402. The van der Waals surface area contributed by atoms with Gasteiger partial charge in [-0.1, -0.05) is 6.92 Å². The first-order valence-electron chi connectivity index (χ1n) is 5.86. The van der Waals surface area contributed by atoms with E-state index in [1.54, 1.807) is 17.8 Å². The number of methoxy groups -OCH3 is 1. The lowest BCUT2D eigenvalue weighted by Crippen LogP contribution is -2.26. The van der Waals surface area contributed by atoms with Crippen LogP contribution < -0.4 is 15.2 Å². The molecule has 0 aliphatic carbocycles. The summed E-state index contributed by atoms with van der Waals surface area (Å²) in [5.41, 5.74) is 6.07. The largest absolute Gasteiger partial charge is 0.495 e. The van der Waals surface area contributed by atoms with Crippen molar-refractivity contribution in [3.05, 3.63) is 18.2 Å². The van der Waals surface area contributed by atoms with Crippen LogP contribution >= 0.6 is 11.8 Å². The molecule has 0 radical (unpaired) electrons. The molecule has 108 valence electrons. The van der Waals surface area contributed by atoms with Crippen molar-refractivity contribution in [1.29, 1.82) is 0 Å². The number of hydrogen-bond donors (Lipinski definition) is 2. The molecule has 0 heterocycles. The summed E-state index contributed by atoms with van der Waals surface area (Å²) in [6.45, 7) is 2.46. The van der Waals surface area contributed by atoms with E-state index in [0.29, 0.717) is 17.5 Å². The molecule has 0 fully saturated rings. The zero-order valence-electron chi connectivity index (χ0n) is 11.3. The Labute approximate surface area is 119 Å². The van der Waals surface area contributed by atoms with Gasteiger partial charge in [0, 0.05) is 23.5 Å². The predicted octanol–water partition coefficient (Wildman–Crippen LogP) is 1.70. The first-order chi connectivity index (χ1) is 8.90. The molecule has 0 aliphatic rings. The minimum Gasteiger partial charge on any atom is -0.495 e. The Morgan fingerprint density at radius 3 is 2.74 bits per heavy atom. The van der Waals surface area contributed by atoms with Crippen molar-refractivity contribution in [2.75, 3.05) is 25.6 Å². The molecule has 1 unspecified atom stereocenters. The number of nitrogens with two attached hydrogens (primary N) is 1. The van der Waals surface area contributed by atoms with E-state index in [0.717, 1.165) is 6.42 Å². The molecule has 1 aromatic carbocycles. The van der Waals surface area contributed by atoms with Gasteiger partial charge in [0.1, 0.15) is 10.6 Å². The highest BCUT2D eigenvalue weighted by Crippen LogP contribution is 2.25. The number of rotatable bonds is 7. The summed E-state index contributed by atoms with van der Waals surface area (Å²) >= 11 is 1.70. The molecule has 3 N–H and O–H groups in total. The SMILES string of the molecule is COc1cc(N)ccc1S(=O)(=O)NCCC(C)SC. The Bertz CT molecular complexity index is 518. The van der Waals surface area contributed by atoms with E-state index in [-0.39, 0.29) is 10.6 Å². The average molecular weight is 304 g/mol. The molecule has 5 nitrogen and oxygen atoms in total. The molecule has 0 amide bonds. The van der Waals surface area contributed by atoms with Crippen LogP contribution in [-0.4, -0.2) is 33.6 Å². The number of anilines is 1. The van der Waals surface area contributed by atoms with Gasteiger partial charge in [-0.25, -0.2) is 13.1 Å². The minimum absolute atomic E-state index is 0.112. The van der Waals surface area contributed by atoms with Crippen molar-refractivity contribution in [2.45, 2.75) is 23.5 Å². The van der Waals surface area contributed by atoms with Crippen molar-refractivity contribution in [3.63, 3.8) is 0 Å². The molecule has 0 spiro atoms. The topological polar surface area (TPSA) is 81.4 Å². The van der Waals surface area contributed by atoms with Gasteiger partial charge in [-0.15, -0.1) is 0 Å². The lowest BCUT2D eigenvalue weighted by atomic mass is 10.3. The zero-order valence-corrected chi connectivity index (χ0v) is 13.0.